The van der Waals surface area contributed by atoms with Crippen LogP contribution in [-0.2, 0) is 25.5 Å². The van der Waals surface area contributed by atoms with E-state index in [1.807, 2.05) is 81.4 Å². The summed E-state index contributed by atoms with van der Waals surface area (Å²) in [5, 5.41) is 9.03. The SMILES string of the molecule is CC(C)(C)OC(=O)CC[C@]1(C(=O)NNCCCCc2ccccc2)N=C(c2ccc(OCCCO)cc2)O[C@H]1c1ccccc1. The Hall–Kier alpha value is -4.21. The first-order chi connectivity index (χ1) is 21.7. The lowest BCUT2D eigenvalue weighted by atomic mass is 9.83. The fraction of sp³-hybridized carbons (Fsp3) is 0.417. The molecule has 1 aliphatic rings. The number of rotatable bonds is 16. The van der Waals surface area contributed by atoms with Crippen LogP contribution in [0.5, 0.6) is 5.75 Å². The molecule has 240 valence electrons. The van der Waals surface area contributed by atoms with Gasteiger partial charge >= 0.3 is 5.97 Å². The average Bonchev–Trinajstić information content (AvgIpc) is 3.43. The molecule has 1 heterocycles. The van der Waals surface area contributed by atoms with Crippen LogP contribution >= 0.6 is 0 Å². The van der Waals surface area contributed by atoms with E-state index >= 15 is 0 Å². The number of aliphatic hydroxyl groups excluding tert-OH is 1. The van der Waals surface area contributed by atoms with Crippen LogP contribution in [0.1, 0.15) is 75.7 Å². The third kappa shape index (κ3) is 9.89. The molecule has 3 aromatic rings. The molecule has 3 N–H and O–H groups in total. The van der Waals surface area contributed by atoms with Crippen molar-refractivity contribution in [1.29, 1.82) is 0 Å². The number of hydrazine groups is 1. The number of nitrogens with one attached hydrogen (secondary N) is 2. The number of unbranched alkanes of at least 4 members (excludes halogenated alkanes) is 1. The maximum atomic E-state index is 14.1. The van der Waals surface area contributed by atoms with Crippen LogP contribution in [0.25, 0.3) is 0 Å². The molecule has 4 rings (SSSR count). The van der Waals surface area contributed by atoms with Gasteiger partial charge in [0.25, 0.3) is 5.91 Å². The molecule has 3 aromatic carbocycles. The first kappa shape index (κ1) is 33.7. The van der Waals surface area contributed by atoms with E-state index < -0.39 is 23.2 Å². The Labute approximate surface area is 266 Å². The number of aliphatic imine (C=N–C) groups is 1. The molecule has 1 amide bonds. The van der Waals surface area contributed by atoms with E-state index in [2.05, 4.69) is 23.0 Å². The molecule has 0 spiro atoms. The quantitative estimate of drug-likeness (QED) is 0.111. The number of carbonyl (C=O) groups is 2. The van der Waals surface area contributed by atoms with Crippen molar-refractivity contribution in [2.45, 2.75) is 76.5 Å². The van der Waals surface area contributed by atoms with Crippen LogP contribution in [0.4, 0.5) is 0 Å². The molecule has 0 unspecified atom stereocenters. The Morgan fingerprint density at radius 3 is 2.29 bits per heavy atom. The zero-order chi connectivity index (χ0) is 32.1. The standard InChI is InChI=1S/C36H45N3O6/c1-35(2,3)45-31(41)22-23-36(34(42)39-37-24-11-10-15-27-13-6-4-7-14-27)32(28-16-8-5-9-17-28)44-33(38-36)29-18-20-30(21-19-29)43-26-12-25-40/h4-9,13-14,16-21,32,37,40H,10-12,15,22-26H2,1-3H3,(H,39,42)/t32-,36-/m0/s1. The van der Waals surface area contributed by atoms with Crippen molar-refractivity contribution in [2.75, 3.05) is 19.8 Å². The zero-order valence-corrected chi connectivity index (χ0v) is 26.5. The highest BCUT2D eigenvalue weighted by Gasteiger charge is 2.53. The second kappa shape index (κ2) is 16.2. The monoisotopic (exact) mass is 615 g/mol. The van der Waals surface area contributed by atoms with Gasteiger partial charge in [0.15, 0.2) is 11.6 Å². The predicted molar refractivity (Wildman–Crippen MR) is 174 cm³/mol. The molecule has 45 heavy (non-hydrogen) atoms. The van der Waals surface area contributed by atoms with E-state index in [0.29, 0.717) is 36.8 Å². The highest BCUT2D eigenvalue weighted by atomic mass is 16.6. The van der Waals surface area contributed by atoms with E-state index in [1.54, 1.807) is 12.1 Å². The van der Waals surface area contributed by atoms with Crippen molar-refractivity contribution >= 4 is 17.8 Å². The van der Waals surface area contributed by atoms with Crippen LogP contribution in [0, 0.1) is 0 Å². The van der Waals surface area contributed by atoms with Crippen molar-refractivity contribution in [3.63, 3.8) is 0 Å². The summed E-state index contributed by atoms with van der Waals surface area (Å²) in [5.41, 5.74) is 6.58. The lowest BCUT2D eigenvalue weighted by molar-refractivity contribution is -0.155. The largest absolute Gasteiger partial charge is 0.494 e. The van der Waals surface area contributed by atoms with Gasteiger partial charge in [0, 0.05) is 31.6 Å². The minimum atomic E-state index is -1.44. The number of carbonyl (C=O) groups excluding carboxylic acids is 2. The number of aliphatic hydroxyl groups is 1. The maximum Gasteiger partial charge on any atom is 0.306 e. The normalized spacial score (nSPS) is 17.7. The van der Waals surface area contributed by atoms with Crippen LogP contribution in [-0.4, -0.2) is 53.8 Å². The summed E-state index contributed by atoms with van der Waals surface area (Å²) < 4.78 is 17.7. The zero-order valence-electron chi connectivity index (χ0n) is 26.5. The summed E-state index contributed by atoms with van der Waals surface area (Å²) in [7, 11) is 0. The Kier molecular flexibility index (Phi) is 12.1. The van der Waals surface area contributed by atoms with Gasteiger partial charge in [0.05, 0.1) is 6.61 Å². The average molecular weight is 616 g/mol. The summed E-state index contributed by atoms with van der Waals surface area (Å²) in [6.07, 6.45) is 2.59. The number of amides is 1. The van der Waals surface area contributed by atoms with Crippen LogP contribution in [0.2, 0.25) is 0 Å². The van der Waals surface area contributed by atoms with Gasteiger partial charge in [-0.2, -0.15) is 0 Å². The fourth-order valence-corrected chi connectivity index (χ4v) is 5.12. The molecule has 9 nitrogen and oxygen atoms in total. The number of hydrogen-bond acceptors (Lipinski definition) is 8. The number of hydrogen-bond donors (Lipinski definition) is 3. The van der Waals surface area contributed by atoms with E-state index in [-0.39, 0.29) is 25.4 Å². The van der Waals surface area contributed by atoms with E-state index in [9.17, 15) is 9.59 Å². The van der Waals surface area contributed by atoms with Gasteiger partial charge in [-0.25, -0.2) is 10.4 Å². The van der Waals surface area contributed by atoms with Gasteiger partial charge in [0.2, 0.25) is 5.90 Å². The van der Waals surface area contributed by atoms with Crippen LogP contribution in [0.3, 0.4) is 0 Å². The van der Waals surface area contributed by atoms with Crippen molar-refractivity contribution in [2.24, 2.45) is 4.99 Å². The molecular formula is C36H45N3O6. The molecule has 9 heteroatoms. The number of nitrogens with zero attached hydrogens (tertiary/aromatic N) is 1. The molecule has 0 fully saturated rings. The van der Waals surface area contributed by atoms with Crippen molar-refractivity contribution < 1.29 is 28.9 Å². The molecule has 0 aromatic heterocycles. The van der Waals surface area contributed by atoms with Crippen molar-refractivity contribution in [3.05, 3.63) is 102 Å². The van der Waals surface area contributed by atoms with Crippen LogP contribution < -0.4 is 15.6 Å². The van der Waals surface area contributed by atoms with Crippen molar-refractivity contribution in [3.8, 4) is 5.75 Å². The summed E-state index contributed by atoms with van der Waals surface area (Å²) in [6, 6.07) is 27.0. The Bertz CT molecular complexity index is 1390. The third-order valence-electron chi connectivity index (χ3n) is 7.32. The number of benzene rings is 3. The van der Waals surface area contributed by atoms with Crippen LogP contribution in [0.15, 0.2) is 89.9 Å². The predicted octanol–water partition coefficient (Wildman–Crippen LogP) is 5.47. The second-order valence-electron chi connectivity index (χ2n) is 12.1. The van der Waals surface area contributed by atoms with Gasteiger partial charge in [-0.15, -0.1) is 0 Å². The number of esters is 1. The molecule has 1 aliphatic heterocycles. The molecule has 0 saturated carbocycles. The Balaban J connectivity index is 1.55. The molecule has 0 aliphatic carbocycles. The lowest BCUT2D eigenvalue weighted by Gasteiger charge is -2.31. The van der Waals surface area contributed by atoms with E-state index in [0.717, 1.165) is 24.8 Å². The van der Waals surface area contributed by atoms with Gasteiger partial charge in [-0.3, -0.25) is 15.0 Å². The molecule has 0 saturated heterocycles. The molecule has 0 bridgehead atoms. The topological polar surface area (TPSA) is 118 Å². The smallest absolute Gasteiger partial charge is 0.306 e. The third-order valence-corrected chi connectivity index (χ3v) is 7.32. The Morgan fingerprint density at radius 1 is 0.933 bits per heavy atom. The van der Waals surface area contributed by atoms with Crippen molar-refractivity contribution in [1.82, 2.24) is 10.9 Å². The first-order valence-electron chi connectivity index (χ1n) is 15.6. The minimum absolute atomic E-state index is 0.0249. The van der Waals surface area contributed by atoms with Gasteiger partial charge in [-0.1, -0.05) is 60.7 Å². The van der Waals surface area contributed by atoms with Gasteiger partial charge < -0.3 is 19.3 Å². The lowest BCUT2D eigenvalue weighted by Crippen LogP contribution is -2.53. The summed E-state index contributed by atoms with van der Waals surface area (Å²) in [4.78, 5) is 31.9. The van der Waals surface area contributed by atoms with Gasteiger partial charge in [0.1, 0.15) is 11.4 Å². The van der Waals surface area contributed by atoms with E-state index in [4.69, 9.17) is 24.3 Å². The molecular weight excluding hydrogens is 570 g/mol. The molecule has 2 atom stereocenters. The maximum absolute atomic E-state index is 14.1. The summed E-state index contributed by atoms with van der Waals surface area (Å²) in [5.74, 6) is 0.147. The molecule has 0 radical (unpaired) electrons. The Morgan fingerprint density at radius 2 is 1.62 bits per heavy atom. The fourth-order valence-electron chi connectivity index (χ4n) is 5.12. The minimum Gasteiger partial charge on any atom is -0.494 e. The number of ether oxygens (including phenoxy) is 3. The first-order valence-corrected chi connectivity index (χ1v) is 15.6. The summed E-state index contributed by atoms with van der Waals surface area (Å²) >= 11 is 0. The van der Waals surface area contributed by atoms with E-state index in [1.165, 1.54) is 5.56 Å². The number of aryl methyl sites for hydroxylation is 1. The highest BCUT2D eigenvalue weighted by molar-refractivity contribution is 6.01. The second-order valence-corrected chi connectivity index (χ2v) is 12.1. The highest BCUT2D eigenvalue weighted by Crippen LogP contribution is 2.43. The summed E-state index contributed by atoms with van der Waals surface area (Å²) in [6.45, 7) is 6.47. The van der Waals surface area contributed by atoms with Gasteiger partial charge in [-0.05, 0) is 81.8 Å².